The monoisotopic (exact) mass is 672 g/mol. The predicted molar refractivity (Wildman–Crippen MR) is 171 cm³/mol. The van der Waals surface area contributed by atoms with Gasteiger partial charge in [-0.2, -0.15) is 9.83 Å². The lowest BCUT2D eigenvalue weighted by Gasteiger charge is -2.08. The highest BCUT2D eigenvalue weighted by Crippen LogP contribution is 2.16. The highest BCUT2D eigenvalue weighted by molar-refractivity contribution is 6.30. The molecule has 0 bridgehead atoms. The Kier molecular flexibility index (Phi) is 23.8. The number of hydrogen-bond acceptors (Lipinski definition) is 10. The van der Waals surface area contributed by atoms with E-state index in [9.17, 15) is 4.79 Å². The minimum Gasteiger partial charge on any atom is -0.494 e. The Bertz CT molecular complexity index is 1110. The topological polar surface area (TPSA) is 146 Å². The van der Waals surface area contributed by atoms with Gasteiger partial charge in [0.2, 0.25) is 5.96 Å². The molecule has 0 fully saturated rings. The minimum atomic E-state index is -0.797. The van der Waals surface area contributed by atoms with E-state index in [4.69, 9.17) is 50.0 Å². The fourth-order valence-electron chi connectivity index (χ4n) is 3.44. The van der Waals surface area contributed by atoms with Crippen LogP contribution in [0.1, 0.15) is 25.7 Å². The predicted octanol–water partition coefficient (Wildman–Crippen LogP) is 4.33. The summed E-state index contributed by atoms with van der Waals surface area (Å²) in [5, 5.41) is 15.4. The first-order valence-corrected chi connectivity index (χ1v) is 14.8. The molecule has 0 aliphatic heterocycles. The maximum absolute atomic E-state index is 11.8. The van der Waals surface area contributed by atoms with Crippen LogP contribution in [0.2, 0.25) is 5.02 Å². The van der Waals surface area contributed by atoms with Crippen LogP contribution in [-0.2, 0) is 35.2 Å². The summed E-state index contributed by atoms with van der Waals surface area (Å²) in [5.41, 5.74) is 0.712. The number of benzene rings is 1. The van der Waals surface area contributed by atoms with Gasteiger partial charge >= 0.3 is 6.16 Å². The molecule has 0 radical (unpaired) electrons. The van der Waals surface area contributed by atoms with E-state index in [1.54, 1.807) is 48.3 Å². The zero-order valence-electron chi connectivity index (χ0n) is 25.6. The number of aliphatic imine (C=N–C) groups is 1. The van der Waals surface area contributed by atoms with Gasteiger partial charge in [-0.3, -0.25) is 10.3 Å². The molecule has 1 heterocycles. The molecule has 2 N–H and O–H groups in total. The lowest BCUT2D eigenvalue weighted by Crippen LogP contribution is -2.36. The van der Waals surface area contributed by atoms with Gasteiger partial charge in [0.05, 0.1) is 58.5 Å². The number of unbranched alkanes of at least 4 members (excludes halogenated alkanes) is 3. The molecule has 0 saturated heterocycles. The molecule has 45 heavy (non-hydrogen) atoms. The SMILES string of the molecule is COCCOCCOCCOCCOC(=O)OC[n+]1ccc(NC(=NCCCCCCOc2ccc(Cl)cc2)NC#N)cc1.Cl. The molecule has 1 aromatic heterocycles. The van der Waals surface area contributed by atoms with Crippen LogP contribution < -0.4 is 19.9 Å². The number of guanidine groups is 1. The van der Waals surface area contributed by atoms with E-state index < -0.39 is 6.16 Å². The largest absolute Gasteiger partial charge is 0.513 e. The van der Waals surface area contributed by atoms with Crippen molar-refractivity contribution in [3.63, 3.8) is 0 Å². The fraction of sp³-hybridized carbons (Fsp3) is 0.533. The molecule has 15 heteroatoms. The number of anilines is 1. The molecular formula is C30H44Cl2N5O8+. The summed E-state index contributed by atoms with van der Waals surface area (Å²) in [5.74, 6) is 1.17. The first-order chi connectivity index (χ1) is 21.6. The van der Waals surface area contributed by atoms with Crippen molar-refractivity contribution in [1.29, 1.82) is 5.26 Å². The second-order valence-corrected chi connectivity index (χ2v) is 9.55. The summed E-state index contributed by atoms with van der Waals surface area (Å²) in [7, 11) is 1.62. The number of carbonyl (C=O) groups excluding carboxylic acids is 1. The van der Waals surface area contributed by atoms with Crippen LogP contribution >= 0.6 is 24.0 Å². The van der Waals surface area contributed by atoms with Gasteiger partial charge in [-0.1, -0.05) is 18.0 Å². The van der Waals surface area contributed by atoms with Crippen molar-refractivity contribution in [2.24, 2.45) is 4.99 Å². The Balaban J connectivity index is 0.0000101. The lowest BCUT2D eigenvalue weighted by molar-refractivity contribution is -0.727. The van der Waals surface area contributed by atoms with Crippen molar-refractivity contribution in [3.8, 4) is 11.9 Å². The molecule has 0 spiro atoms. The molecule has 1 aromatic carbocycles. The standard InChI is InChI=1S/C30H42ClN5O8.ClH/c1-38-16-17-39-18-19-40-20-21-41-22-23-43-30(37)44-25-36-13-10-27(11-14-36)35-29(34-24-32)33-12-4-2-3-5-15-42-28-8-6-26(31)7-9-28;/h6-11,13-14H,2-5,12,15-23,25H2,1H3,(H,33,34);1H/p+1. The Labute approximate surface area is 276 Å². The molecule has 250 valence electrons. The third-order valence-corrected chi connectivity index (χ3v) is 5.94. The third kappa shape index (κ3) is 21.1. The van der Waals surface area contributed by atoms with Crippen LogP contribution in [0.4, 0.5) is 10.5 Å². The van der Waals surface area contributed by atoms with E-state index in [1.165, 1.54) is 0 Å². The molecular weight excluding hydrogens is 629 g/mol. The molecule has 2 aromatic rings. The van der Waals surface area contributed by atoms with Gasteiger partial charge in [-0.15, -0.1) is 12.4 Å². The van der Waals surface area contributed by atoms with Crippen LogP contribution in [0.3, 0.4) is 0 Å². The molecule has 0 aliphatic carbocycles. The maximum Gasteiger partial charge on any atom is 0.513 e. The van der Waals surface area contributed by atoms with Crippen molar-refractivity contribution < 1.29 is 42.5 Å². The lowest BCUT2D eigenvalue weighted by atomic mass is 10.2. The van der Waals surface area contributed by atoms with Gasteiger partial charge < -0.3 is 38.5 Å². The highest BCUT2D eigenvalue weighted by Gasteiger charge is 2.09. The van der Waals surface area contributed by atoms with Crippen LogP contribution in [0.5, 0.6) is 5.75 Å². The third-order valence-electron chi connectivity index (χ3n) is 5.69. The smallest absolute Gasteiger partial charge is 0.494 e. The fourth-order valence-corrected chi connectivity index (χ4v) is 3.57. The number of nitriles is 1. The number of nitrogens with zero attached hydrogens (tertiary/aromatic N) is 3. The Morgan fingerprint density at radius 1 is 0.844 bits per heavy atom. The van der Waals surface area contributed by atoms with Gasteiger partial charge in [0.1, 0.15) is 12.4 Å². The average Bonchev–Trinajstić information content (AvgIpc) is 3.03. The number of hydrogen-bond donors (Lipinski definition) is 2. The Morgan fingerprint density at radius 3 is 2.11 bits per heavy atom. The summed E-state index contributed by atoms with van der Waals surface area (Å²) in [6, 6.07) is 10.9. The van der Waals surface area contributed by atoms with Crippen molar-refractivity contribution in [3.05, 3.63) is 53.8 Å². The normalized spacial score (nSPS) is 10.8. The van der Waals surface area contributed by atoms with E-state index in [0.717, 1.165) is 31.4 Å². The van der Waals surface area contributed by atoms with Crippen LogP contribution in [0, 0.1) is 11.5 Å². The van der Waals surface area contributed by atoms with Crippen LogP contribution in [-0.4, -0.2) is 85.2 Å². The first-order valence-electron chi connectivity index (χ1n) is 14.5. The van der Waals surface area contributed by atoms with E-state index in [-0.39, 0.29) is 32.4 Å². The average molecular weight is 674 g/mol. The molecule has 0 aliphatic rings. The van der Waals surface area contributed by atoms with Crippen molar-refractivity contribution in [2.75, 3.05) is 78.4 Å². The highest BCUT2D eigenvalue weighted by atomic mass is 35.5. The number of carbonyl (C=O) groups is 1. The molecule has 13 nitrogen and oxygen atoms in total. The van der Waals surface area contributed by atoms with Crippen molar-refractivity contribution in [2.45, 2.75) is 32.4 Å². The molecule has 0 atom stereocenters. The summed E-state index contributed by atoms with van der Waals surface area (Å²) < 4.78 is 38.3. The zero-order valence-corrected chi connectivity index (χ0v) is 27.2. The number of ether oxygens (including phenoxy) is 7. The Morgan fingerprint density at radius 2 is 1.47 bits per heavy atom. The maximum atomic E-state index is 11.8. The number of pyridine rings is 1. The van der Waals surface area contributed by atoms with Gasteiger partial charge in [0, 0.05) is 30.8 Å². The number of rotatable bonds is 23. The molecule has 0 saturated carbocycles. The Hall–Kier alpha value is -3.38. The van der Waals surface area contributed by atoms with E-state index in [2.05, 4.69) is 15.6 Å². The quantitative estimate of drug-likeness (QED) is 0.0331. The van der Waals surface area contributed by atoms with Gasteiger partial charge in [0.25, 0.3) is 6.73 Å². The van der Waals surface area contributed by atoms with E-state index in [1.807, 2.05) is 18.3 Å². The van der Waals surface area contributed by atoms with Crippen molar-refractivity contribution >= 4 is 41.8 Å². The number of nitrogens with one attached hydrogen (secondary N) is 2. The molecule has 0 unspecified atom stereocenters. The van der Waals surface area contributed by atoms with E-state index >= 15 is 0 Å². The van der Waals surface area contributed by atoms with Gasteiger partial charge in [-0.25, -0.2) is 4.79 Å². The summed E-state index contributed by atoms with van der Waals surface area (Å²) in [6.07, 6.45) is 8.37. The van der Waals surface area contributed by atoms with E-state index in [0.29, 0.717) is 69.5 Å². The summed E-state index contributed by atoms with van der Waals surface area (Å²) in [6.45, 7) is 4.35. The molecule has 0 amide bonds. The minimum absolute atomic E-state index is 0. The van der Waals surface area contributed by atoms with Crippen molar-refractivity contribution in [1.82, 2.24) is 5.32 Å². The summed E-state index contributed by atoms with van der Waals surface area (Å²) >= 11 is 5.88. The van der Waals surface area contributed by atoms with Crippen LogP contribution in [0.25, 0.3) is 0 Å². The van der Waals surface area contributed by atoms with Gasteiger partial charge in [-0.05, 0) is 43.5 Å². The second kappa shape index (κ2) is 27.0. The first kappa shape index (κ1) is 39.6. The zero-order chi connectivity index (χ0) is 31.5. The molecule has 2 rings (SSSR count). The number of methoxy groups -OCH3 is 1. The number of aromatic nitrogens is 1. The summed E-state index contributed by atoms with van der Waals surface area (Å²) in [4.78, 5) is 16.3. The van der Waals surface area contributed by atoms with Crippen LogP contribution in [0.15, 0.2) is 53.8 Å². The van der Waals surface area contributed by atoms with Gasteiger partial charge in [0.15, 0.2) is 18.6 Å². The number of halogens is 2. The second-order valence-electron chi connectivity index (χ2n) is 9.11.